The zero-order valence-electron chi connectivity index (χ0n) is 12.7. The van der Waals surface area contributed by atoms with Gasteiger partial charge in [0.2, 0.25) is 0 Å². The molecule has 3 atom stereocenters. The summed E-state index contributed by atoms with van der Waals surface area (Å²) >= 11 is 0. The normalized spacial score (nSPS) is 29.3. The van der Waals surface area contributed by atoms with Crippen molar-refractivity contribution >= 4 is 5.97 Å². The van der Waals surface area contributed by atoms with E-state index in [2.05, 4.69) is 4.74 Å². The number of fused-ring (bicyclic) bond motifs is 2. The summed E-state index contributed by atoms with van der Waals surface area (Å²) in [6.45, 7) is -2.59. The van der Waals surface area contributed by atoms with Crippen LogP contribution >= 0.6 is 0 Å². The molecule has 0 aromatic rings. The number of allylic oxidation sites excluding steroid dienone is 2. The molecule has 1 fully saturated rings. The van der Waals surface area contributed by atoms with Crippen LogP contribution in [0.3, 0.4) is 0 Å². The molecule has 1 saturated carbocycles. The average Bonchev–Trinajstić information content (AvgIpc) is 3.02. The van der Waals surface area contributed by atoms with Gasteiger partial charge in [0.25, 0.3) is 0 Å². The highest BCUT2D eigenvalue weighted by atomic mass is 19.4. The predicted octanol–water partition coefficient (Wildman–Crippen LogP) is 4.90. The highest BCUT2D eigenvalue weighted by Crippen LogP contribution is 2.60. The Kier molecular flexibility index (Phi) is 4.81. The zero-order chi connectivity index (χ0) is 20.2. The molecule has 0 spiro atoms. The number of rotatable bonds is 5. The standard InChI is InChI=1S/C14H12F10O2/c15-11(16,5-13(19,20)21)12(17,18)6-26-9(25)10(14(22,23)24)4-7-1-2-8(10)3-7/h1-2,7-8H,3-6H2. The van der Waals surface area contributed by atoms with Crippen molar-refractivity contribution in [3.63, 3.8) is 0 Å². The number of alkyl halides is 10. The number of hydrogen-bond acceptors (Lipinski definition) is 2. The summed E-state index contributed by atoms with van der Waals surface area (Å²) in [5.41, 5.74) is -3.16. The highest BCUT2D eigenvalue weighted by Gasteiger charge is 2.70. The maximum absolute atomic E-state index is 13.4. The van der Waals surface area contributed by atoms with E-state index in [0.29, 0.717) is 0 Å². The molecule has 12 heteroatoms. The van der Waals surface area contributed by atoms with E-state index >= 15 is 0 Å². The minimum atomic E-state index is -5.65. The minimum absolute atomic E-state index is 0.0881. The SMILES string of the molecule is O=C(OCC(F)(F)C(F)(F)CC(F)(F)F)C1(C(F)(F)F)CC2C=CC1C2. The maximum atomic E-state index is 13.4. The molecule has 2 nitrogen and oxygen atoms in total. The molecular weight excluding hydrogens is 390 g/mol. The molecule has 26 heavy (non-hydrogen) atoms. The van der Waals surface area contributed by atoms with Crippen LogP contribution in [0.1, 0.15) is 19.3 Å². The Hall–Kier alpha value is -1.49. The first kappa shape index (κ1) is 20.8. The van der Waals surface area contributed by atoms with Gasteiger partial charge in [0.1, 0.15) is 6.42 Å². The summed E-state index contributed by atoms with van der Waals surface area (Å²) < 4.78 is 133. The van der Waals surface area contributed by atoms with Crippen LogP contribution in [-0.2, 0) is 9.53 Å². The molecule has 0 saturated heterocycles. The lowest BCUT2D eigenvalue weighted by atomic mass is 9.75. The van der Waals surface area contributed by atoms with Gasteiger partial charge in [-0.1, -0.05) is 12.2 Å². The summed E-state index contributed by atoms with van der Waals surface area (Å²) in [7, 11) is 0. The lowest BCUT2D eigenvalue weighted by molar-refractivity contribution is -0.280. The Bertz CT molecular complexity index is 592. The first-order valence-electron chi connectivity index (χ1n) is 7.26. The minimum Gasteiger partial charge on any atom is -0.458 e. The van der Waals surface area contributed by atoms with Crippen LogP contribution in [0.25, 0.3) is 0 Å². The van der Waals surface area contributed by atoms with Crippen molar-refractivity contribution < 1.29 is 53.4 Å². The summed E-state index contributed by atoms with van der Waals surface area (Å²) in [5, 5.41) is 0. The Balaban J connectivity index is 2.15. The molecule has 0 aromatic carbocycles. The van der Waals surface area contributed by atoms with Gasteiger partial charge in [0.05, 0.1) is 0 Å². The molecule has 0 amide bonds. The molecule has 3 unspecified atom stereocenters. The molecule has 0 radical (unpaired) electrons. The zero-order valence-corrected chi connectivity index (χ0v) is 12.7. The second-order valence-corrected chi connectivity index (χ2v) is 6.44. The van der Waals surface area contributed by atoms with Crippen molar-refractivity contribution in [2.75, 3.05) is 6.61 Å². The summed E-state index contributed by atoms with van der Waals surface area (Å²) in [4.78, 5) is 11.9. The number of esters is 1. The first-order valence-corrected chi connectivity index (χ1v) is 7.26. The van der Waals surface area contributed by atoms with E-state index in [0.717, 1.165) is 6.08 Å². The highest BCUT2D eigenvalue weighted by molar-refractivity contribution is 5.80. The fraction of sp³-hybridized carbons (Fsp3) is 0.786. The molecule has 2 rings (SSSR count). The van der Waals surface area contributed by atoms with Gasteiger partial charge in [0.15, 0.2) is 12.0 Å². The van der Waals surface area contributed by atoms with Gasteiger partial charge in [-0.25, -0.2) is 0 Å². The van der Waals surface area contributed by atoms with Crippen molar-refractivity contribution in [3.8, 4) is 0 Å². The second-order valence-electron chi connectivity index (χ2n) is 6.44. The number of halogens is 10. The van der Waals surface area contributed by atoms with Crippen LogP contribution in [-0.4, -0.2) is 36.8 Å². The van der Waals surface area contributed by atoms with Crippen LogP contribution in [0, 0.1) is 17.3 Å². The molecule has 2 aliphatic carbocycles. The second kappa shape index (κ2) is 6.01. The van der Waals surface area contributed by atoms with Crippen LogP contribution in [0.5, 0.6) is 0 Å². The van der Waals surface area contributed by atoms with Crippen LogP contribution < -0.4 is 0 Å². The largest absolute Gasteiger partial charge is 0.458 e. The van der Waals surface area contributed by atoms with Gasteiger partial charge in [-0.3, -0.25) is 4.79 Å². The van der Waals surface area contributed by atoms with Crippen molar-refractivity contribution in [1.29, 1.82) is 0 Å². The van der Waals surface area contributed by atoms with Crippen molar-refractivity contribution in [2.45, 2.75) is 43.5 Å². The molecule has 0 aromatic heterocycles. The van der Waals surface area contributed by atoms with E-state index in [1.54, 1.807) is 0 Å². The number of carbonyl (C=O) groups is 1. The number of hydrogen-bond donors (Lipinski definition) is 0. The molecule has 150 valence electrons. The van der Waals surface area contributed by atoms with Gasteiger partial charge in [-0.05, 0) is 18.8 Å². The van der Waals surface area contributed by atoms with Crippen LogP contribution in [0.15, 0.2) is 12.2 Å². The van der Waals surface area contributed by atoms with E-state index in [-0.39, 0.29) is 6.42 Å². The van der Waals surface area contributed by atoms with E-state index in [1.165, 1.54) is 6.08 Å². The van der Waals surface area contributed by atoms with Gasteiger partial charge in [0, 0.05) is 5.92 Å². The molecule has 0 aliphatic heterocycles. The average molecular weight is 402 g/mol. The predicted molar refractivity (Wildman–Crippen MR) is 65.4 cm³/mol. The molecular formula is C14H12F10O2. The van der Waals surface area contributed by atoms with E-state index in [9.17, 15) is 48.7 Å². The molecule has 0 N–H and O–H groups in total. The fourth-order valence-electron chi connectivity index (χ4n) is 3.30. The topological polar surface area (TPSA) is 26.3 Å². The summed E-state index contributed by atoms with van der Waals surface area (Å²) in [6, 6.07) is 0. The summed E-state index contributed by atoms with van der Waals surface area (Å²) in [6.07, 6.45) is -12.5. The quantitative estimate of drug-likeness (QED) is 0.372. The third-order valence-corrected chi connectivity index (χ3v) is 4.60. The van der Waals surface area contributed by atoms with Crippen LogP contribution in [0.4, 0.5) is 43.9 Å². The lowest BCUT2D eigenvalue weighted by Gasteiger charge is -2.35. The summed E-state index contributed by atoms with van der Waals surface area (Å²) in [5.74, 6) is -15.4. The van der Waals surface area contributed by atoms with E-state index in [4.69, 9.17) is 0 Å². The Morgan fingerprint density at radius 2 is 1.54 bits per heavy atom. The molecule has 2 aliphatic rings. The monoisotopic (exact) mass is 402 g/mol. The Labute approximate surface area is 140 Å². The third-order valence-electron chi connectivity index (χ3n) is 4.60. The van der Waals surface area contributed by atoms with Gasteiger partial charge < -0.3 is 4.74 Å². The van der Waals surface area contributed by atoms with Crippen molar-refractivity contribution in [3.05, 3.63) is 12.2 Å². The fourth-order valence-corrected chi connectivity index (χ4v) is 3.30. The van der Waals surface area contributed by atoms with Gasteiger partial charge in [-0.2, -0.15) is 43.9 Å². The Morgan fingerprint density at radius 1 is 0.962 bits per heavy atom. The third kappa shape index (κ3) is 3.51. The molecule has 0 heterocycles. The van der Waals surface area contributed by atoms with Gasteiger partial charge >= 0.3 is 30.2 Å². The van der Waals surface area contributed by atoms with Crippen molar-refractivity contribution in [1.82, 2.24) is 0 Å². The van der Waals surface area contributed by atoms with Gasteiger partial charge in [-0.15, -0.1) is 0 Å². The van der Waals surface area contributed by atoms with E-state index in [1.807, 2.05) is 0 Å². The van der Waals surface area contributed by atoms with E-state index < -0.39 is 66.9 Å². The lowest BCUT2D eigenvalue weighted by Crippen LogP contribution is -2.52. The Morgan fingerprint density at radius 3 is 1.92 bits per heavy atom. The first-order chi connectivity index (χ1) is 11.5. The smallest absolute Gasteiger partial charge is 0.405 e. The molecule has 2 bridgehead atoms. The van der Waals surface area contributed by atoms with Crippen LogP contribution in [0.2, 0.25) is 0 Å². The van der Waals surface area contributed by atoms with Crippen molar-refractivity contribution in [2.24, 2.45) is 17.3 Å². The maximum Gasteiger partial charge on any atom is 0.405 e. The number of ether oxygens (including phenoxy) is 1. The number of carbonyl (C=O) groups excluding carboxylic acids is 1.